The predicted octanol–water partition coefficient (Wildman–Crippen LogP) is 2.92. The van der Waals surface area contributed by atoms with Crippen LogP contribution in [0.5, 0.6) is 5.75 Å². The molecule has 0 heterocycles. The van der Waals surface area contributed by atoms with E-state index in [4.69, 9.17) is 4.74 Å². The molecule has 0 bridgehead atoms. The summed E-state index contributed by atoms with van der Waals surface area (Å²) in [5, 5.41) is 12.0. The summed E-state index contributed by atoms with van der Waals surface area (Å²) < 4.78 is 19.0. The van der Waals surface area contributed by atoms with Gasteiger partial charge in [0.1, 0.15) is 0 Å². The van der Waals surface area contributed by atoms with E-state index in [9.17, 15) is 14.3 Å². The van der Waals surface area contributed by atoms with Crippen molar-refractivity contribution in [2.24, 2.45) is 5.92 Å². The lowest BCUT2D eigenvalue weighted by Crippen LogP contribution is -2.45. The molecule has 0 aliphatic heterocycles. The molecule has 0 unspecified atom stereocenters. The minimum Gasteiger partial charge on any atom is -0.491 e. The average Bonchev–Trinajstić information content (AvgIpc) is 2.61. The summed E-state index contributed by atoms with van der Waals surface area (Å²) in [6, 6.07) is 4.76. The number of carbonyl (C=O) groups is 1. The quantitative estimate of drug-likeness (QED) is 0.838. The van der Waals surface area contributed by atoms with E-state index < -0.39 is 5.82 Å². The molecule has 1 saturated carbocycles. The molecule has 134 valence electrons. The second kappa shape index (κ2) is 8.87. The third kappa shape index (κ3) is 4.84. The number of amides is 2. The van der Waals surface area contributed by atoms with Gasteiger partial charge in [-0.15, -0.1) is 0 Å². The molecule has 5 nitrogen and oxygen atoms in total. The Morgan fingerprint density at radius 1 is 1.38 bits per heavy atom. The number of hydrogen-bond acceptors (Lipinski definition) is 3. The maximum Gasteiger partial charge on any atom is 0.317 e. The van der Waals surface area contributed by atoms with Crippen molar-refractivity contribution in [1.29, 1.82) is 0 Å². The van der Waals surface area contributed by atoms with Crippen LogP contribution in [0, 0.1) is 11.7 Å². The lowest BCUT2D eigenvalue weighted by molar-refractivity contribution is 0.134. The summed E-state index contributed by atoms with van der Waals surface area (Å²) in [7, 11) is 1.79. The van der Waals surface area contributed by atoms with Crippen molar-refractivity contribution < 1.29 is 19.0 Å². The van der Waals surface area contributed by atoms with E-state index in [-0.39, 0.29) is 31.0 Å². The van der Waals surface area contributed by atoms with Crippen molar-refractivity contribution in [3.63, 3.8) is 0 Å². The van der Waals surface area contributed by atoms with Gasteiger partial charge in [-0.1, -0.05) is 6.07 Å². The van der Waals surface area contributed by atoms with Gasteiger partial charge in [-0.3, -0.25) is 0 Å². The lowest BCUT2D eigenvalue weighted by atomic mass is 9.86. The Bertz CT molecular complexity index is 545. The van der Waals surface area contributed by atoms with Crippen LogP contribution in [0.15, 0.2) is 18.2 Å². The highest BCUT2D eigenvalue weighted by Crippen LogP contribution is 2.26. The lowest BCUT2D eigenvalue weighted by Gasteiger charge is -2.34. The van der Waals surface area contributed by atoms with E-state index >= 15 is 0 Å². The molecule has 0 spiro atoms. The molecule has 1 fully saturated rings. The van der Waals surface area contributed by atoms with Crippen LogP contribution in [0.2, 0.25) is 0 Å². The number of ether oxygens (including phenoxy) is 1. The number of aliphatic hydroxyl groups is 1. The monoisotopic (exact) mass is 338 g/mol. The van der Waals surface area contributed by atoms with Crippen molar-refractivity contribution in [3.8, 4) is 5.75 Å². The number of rotatable bonds is 6. The fourth-order valence-electron chi connectivity index (χ4n) is 3.11. The van der Waals surface area contributed by atoms with E-state index in [1.54, 1.807) is 31.0 Å². The standard InChI is InChI=1S/C18H27FN2O3/c1-3-24-17-9-6-14(10-16(17)19)11-20-18(23)21(2)15-7-4-13(12-22)5-8-15/h6,9-10,13,15,22H,3-5,7-8,11-12H2,1-2H3,(H,20,23). The summed E-state index contributed by atoms with van der Waals surface area (Å²) in [6.07, 6.45) is 3.71. The zero-order chi connectivity index (χ0) is 17.5. The van der Waals surface area contributed by atoms with Crippen LogP contribution in [0.4, 0.5) is 9.18 Å². The van der Waals surface area contributed by atoms with Crippen molar-refractivity contribution in [2.75, 3.05) is 20.3 Å². The number of hydrogen-bond donors (Lipinski definition) is 2. The number of urea groups is 1. The predicted molar refractivity (Wildman–Crippen MR) is 90.4 cm³/mol. The molecule has 1 aromatic carbocycles. The summed E-state index contributed by atoms with van der Waals surface area (Å²) in [4.78, 5) is 14.0. The van der Waals surface area contributed by atoms with Gasteiger partial charge in [0.05, 0.1) is 6.61 Å². The number of benzene rings is 1. The second-order valence-corrected chi connectivity index (χ2v) is 6.32. The van der Waals surface area contributed by atoms with Gasteiger partial charge in [0, 0.05) is 26.2 Å². The molecule has 2 rings (SSSR count). The van der Waals surface area contributed by atoms with E-state index in [2.05, 4.69) is 5.32 Å². The van der Waals surface area contributed by atoms with Crippen LogP contribution in [0.1, 0.15) is 38.2 Å². The number of nitrogens with zero attached hydrogens (tertiary/aromatic N) is 1. The molecule has 0 saturated heterocycles. The molecule has 2 amide bonds. The first-order chi connectivity index (χ1) is 11.5. The van der Waals surface area contributed by atoms with Crippen LogP contribution in [-0.2, 0) is 6.54 Å². The number of nitrogens with one attached hydrogen (secondary N) is 1. The van der Waals surface area contributed by atoms with E-state index in [0.717, 1.165) is 25.7 Å². The van der Waals surface area contributed by atoms with Gasteiger partial charge in [0.25, 0.3) is 0 Å². The fraction of sp³-hybridized carbons (Fsp3) is 0.611. The summed E-state index contributed by atoms with van der Waals surface area (Å²) in [5.41, 5.74) is 0.696. The van der Waals surface area contributed by atoms with Gasteiger partial charge >= 0.3 is 6.03 Å². The van der Waals surface area contributed by atoms with Gasteiger partial charge in [-0.05, 0) is 56.2 Å². The first-order valence-electron chi connectivity index (χ1n) is 8.57. The topological polar surface area (TPSA) is 61.8 Å². The molecule has 6 heteroatoms. The maximum atomic E-state index is 13.8. The zero-order valence-corrected chi connectivity index (χ0v) is 14.4. The minimum absolute atomic E-state index is 0.156. The van der Waals surface area contributed by atoms with Crippen LogP contribution in [-0.4, -0.2) is 42.3 Å². The molecule has 1 aliphatic rings. The Morgan fingerprint density at radius 2 is 2.08 bits per heavy atom. The van der Waals surface area contributed by atoms with E-state index in [1.807, 2.05) is 0 Å². The number of aliphatic hydroxyl groups excluding tert-OH is 1. The van der Waals surface area contributed by atoms with Gasteiger partial charge < -0.3 is 20.1 Å². The Hall–Kier alpha value is -1.82. The highest BCUT2D eigenvalue weighted by atomic mass is 19.1. The second-order valence-electron chi connectivity index (χ2n) is 6.32. The number of halogens is 1. The maximum absolute atomic E-state index is 13.8. The van der Waals surface area contributed by atoms with Gasteiger partial charge in [-0.25, -0.2) is 9.18 Å². The third-order valence-corrected chi connectivity index (χ3v) is 4.68. The summed E-state index contributed by atoms with van der Waals surface area (Å²) in [5.74, 6) is 0.175. The minimum atomic E-state index is -0.417. The Morgan fingerprint density at radius 3 is 2.67 bits per heavy atom. The molecule has 1 aromatic rings. The molecular weight excluding hydrogens is 311 g/mol. The van der Waals surface area contributed by atoms with Gasteiger partial charge in [-0.2, -0.15) is 0 Å². The van der Waals surface area contributed by atoms with Crippen molar-refractivity contribution in [1.82, 2.24) is 10.2 Å². The van der Waals surface area contributed by atoms with Crippen LogP contribution in [0.25, 0.3) is 0 Å². The molecule has 0 atom stereocenters. The highest BCUT2D eigenvalue weighted by molar-refractivity contribution is 5.74. The zero-order valence-electron chi connectivity index (χ0n) is 14.4. The molecule has 2 N–H and O–H groups in total. The average molecular weight is 338 g/mol. The molecule has 24 heavy (non-hydrogen) atoms. The fourth-order valence-corrected chi connectivity index (χ4v) is 3.11. The Balaban J connectivity index is 1.83. The van der Waals surface area contributed by atoms with Crippen molar-refractivity contribution in [3.05, 3.63) is 29.6 Å². The molecular formula is C18H27FN2O3. The largest absolute Gasteiger partial charge is 0.491 e. The SMILES string of the molecule is CCOc1ccc(CNC(=O)N(C)C2CCC(CO)CC2)cc1F. The molecule has 0 radical (unpaired) electrons. The van der Waals surface area contributed by atoms with Gasteiger partial charge in [0.15, 0.2) is 11.6 Å². The van der Waals surface area contributed by atoms with Crippen molar-refractivity contribution >= 4 is 6.03 Å². The van der Waals surface area contributed by atoms with Crippen LogP contribution >= 0.6 is 0 Å². The molecule has 0 aromatic heterocycles. The normalized spacial score (nSPS) is 20.5. The summed E-state index contributed by atoms with van der Waals surface area (Å²) >= 11 is 0. The van der Waals surface area contributed by atoms with E-state index in [1.165, 1.54) is 6.07 Å². The number of carbonyl (C=O) groups excluding carboxylic acids is 1. The van der Waals surface area contributed by atoms with Crippen molar-refractivity contribution in [2.45, 2.75) is 45.2 Å². The van der Waals surface area contributed by atoms with Gasteiger partial charge in [0.2, 0.25) is 0 Å². The van der Waals surface area contributed by atoms with E-state index in [0.29, 0.717) is 18.1 Å². The Kier molecular flexibility index (Phi) is 6.85. The smallest absolute Gasteiger partial charge is 0.317 e. The molecule has 1 aliphatic carbocycles. The highest BCUT2D eigenvalue weighted by Gasteiger charge is 2.26. The van der Waals surface area contributed by atoms with Crippen LogP contribution < -0.4 is 10.1 Å². The van der Waals surface area contributed by atoms with Crippen LogP contribution in [0.3, 0.4) is 0 Å². The first-order valence-corrected chi connectivity index (χ1v) is 8.57. The Labute approximate surface area is 142 Å². The first kappa shape index (κ1) is 18.5. The third-order valence-electron chi connectivity index (χ3n) is 4.68. The summed E-state index contributed by atoms with van der Waals surface area (Å²) in [6.45, 7) is 2.72.